The Balaban J connectivity index is 1.79. The number of nitrogens with one attached hydrogen (secondary N) is 1. The third-order valence-corrected chi connectivity index (χ3v) is 3.40. The number of likely N-dealkylation sites (N-methyl/N-ethyl adjacent to an activating group) is 1. The molecule has 0 aromatic carbocycles. The van der Waals surface area contributed by atoms with E-state index < -0.39 is 0 Å². The highest BCUT2D eigenvalue weighted by molar-refractivity contribution is 5.77. The van der Waals surface area contributed by atoms with Crippen molar-refractivity contribution in [1.82, 2.24) is 20.0 Å². The van der Waals surface area contributed by atoms with Crippen LogP contribution in [-0.4, -0.2) is 34.2 Å². The predicted molar refractivity (Wildman–Crippen MR) is 79.5 cm³/mol. The number of rotatable bonds is 7. The van der Waals surface area contributed by atoms with Crippen LogP contribution < -0.4 is 5.32 Å². The normalized spacial score (nSPS) is 11.0. The topological polar surface area (TPSA) is 63.3 Å². The van der Waals surface area contributed by atoms with Crippen molar-refractivity contribution in [3.8, 4) is 0 Å². The molecule has 2 aromatic heterocycles. The molecule has 2 aromatic rings. The molecular weight excluding hydrogens is 268 g/mol. The molecule has 0 aliphatic rings. The molecule has 0 unspecified atom stereocenters. The zero-order valence-electron chi connectivity index (χ0n) is 12.8. The van der Waals surface area contributed by atoms with Crippen LogP contribution in [0.2, 0.25) is 0 Å². The Morgan fingerprint density at radius 2 is 2.33 bits per heavy atom. The summed E-state index contributed by atoms with van der Waals surface area (Å²) in [5.41, 5.74) is 2.30. The summed E-state index contributed by atoms with van der Waals surface area (Å²) in [7, 11) is 1.93. The molecule has 0 saturated heterocycles. The number of carbonyl (C=O) groups excluding carboxylic acids is 1. The molecule has 2 rings (SSSR count). The average Bonchev–Trinajstić information content (AvgIpc) is 3.07. The molecule has 21 heavy (non-hydrogen) atoms. The van der Waals surface area contributed by atoms with Gasteiger partial charge in [0, 0.05) is 24.3 Å². The van der Waals surface area contributed by atoms with Crippen molar-refractivity contribution in [2.24, 2.45) is 0 Å². The van der Waals surface area contributed by atoms with E-state index in [0.717, 1.165) is 23.6 Å². The van der Waals surface area contributed by atoms with Gasteiger partial charge >= 0.3 is 0 Å². The summed E-state index contributed by atoms with van der Waals surface area (Å²) in [5.74, 6) is 0.737. The first kappa shape index (κ1) is 15.3. The number of carbonyl (C=O) groups is 1. The maximum atomic E-state index is 11.9. The van der Waals surface area contributed by atoms with Crippen LogP contribution in [0.5, 0.6) is 0 Å². The van der Waals surface area contributed by atoms with Crippen molar-refractivity contribution < 1.29 is 9.21 Å². The Morgan fingerprint density at radius 1 is 1.52 bits per heavy atom. The molecule has 6 heteroatoms. The van der Waals surface area contributed by atoms with Gasteiger partial charge in [-0.1, -0.05) is 0 Å². The summed E-state index contributed by atoms with van der Waals surface area (Å²) in [4.78, 5) is 13.8. The Kier molecular flexibility index (Phi) is 5.16. The molecule has 2 heterocycles. The number of furan rings is 1. The highest BCUT2D eigenvalue weighted by Gasteiger charge is 2.11. The quantitative estimate of drug-likeness (QED) is 0.840. The second-order valence-corrected chi connectivity index (χ2v) is 5.10. The summed E-state index contributed by atoms with van der Waals surface area (Å²) in [5, 5.41) is 7.15. The van der Waals surface area contributed by atoms with Gasteiger partial charge in [0.1, 0.15) is 5.76 Å². The third-order valence-electron chi connectivity index (χ3n) is 3.40. The van der Waals surface area contributed by atoms with E-state index in [1.165, 1.54) is 0 Å². The van der Waals surface area contributed by atoms with E-state index in [0.29, 0.717) is 19.6 Å². The standard InChI is InChI=1S/C15H22N4O2/c1-4-19-12(2)13(8-17-19)10-18(3)11-15(20)16-9-14-6-5-7-21-14/h5-8H,4,9-11H2,1-3H3,(H,16,20). The molecular formula is C15H22N4O2. The predicted octanol–water partition coefficient (Wildman–Crippen LogP) is 1.55. The molecule has 0 radical (unpaired) electrons. The number of aromatic nitrogens is 2. The van der Waals surface area contributed by atoms with Crippen molar-refractivity contribution in [2.45, 2.75) is 33.5 Å². The fourth-order valence-corrected chi connectivity index (χ4v) is 2.21. The van der Waals surface area contributed by atoms with E-state index in [2.05, 4.69) is 24.3 Å². The maximum absolute atomic E-state index is 11.9. The lowest BCUT2D eigenvalue weighted by atomic mass is 10.2. The van der Waals surface area contributed by atoms with Crippen molar-refractivity contribution in [1.29, 1.82) is 0 Å². The Labute approximate surface area is 124 Å². The first-order valence-corrected chi connectivity index (χ1v) is 7.09. The lowest BCUT2D eigenvalue weighted by Gasteiger charge is -2.15. The SMILES string of the molecule is CCn1ncc(CN(C)CC(=O)NCc2ccco2)c1C. The monoisotopic (exact) mass is 290 g/mol. The number of nitrogens with zero attached hydrogens (tertiary/aromatic N) is 3. The van der Waals surface area contributed by atoms with Crippen molar-refractivity contribution >= 4 is 5.91 Å². The van der Waals surface area contributed by atoms with E-state index in [4.69, 9.17) is 4.42 Å². The lowest BCUT2D eigenvalue weighted by Crippen LogP contribution is -2.34. The zero-order chi connectivity index (χ0) is 15.2. The van der Waals surface area contributed by atoms with E-state index in [1.807, 2.05) is 35.0 Å². The molecule has 0 aliphatic heterocycles. The van der Waals surface area contributed by atoms with Crippen LogP contribution in [-0.2, 0) is 24.4 Å². The van der Waals surface area contributed by atoms with Gasteiger partial charge in [0.25, 0.3) is 0 Å². The first-order valence-electron chi connectivity index (χ1n) is 7.09. The lowest BCUT2D eigenvalue weighted by molar-refractivity contribution is -0.122. The van der Waals surface area contributed by atoms with Crippen molar-refractivity contribution in [2.75, 3.05) is 13.6 Å². The molecule has 1 N–H and O–H groups in total. The van der Waals surface area contributed by atoms with Gasteiger partial charge in [-0.15, -0.1) is 0 Å². The molecule has 0 saturated carbocycles. The van der Waals surface area contributed by atoms with Crippen LogP contribution in [0.1, 0.15) is 23.9 Å². The van der Waals surface area contributed by atoms with Crippen molar-refractivity contribution in [3.63, 3.8) is 0 Å². The van der Waals surface area contributed by atoms with Crippen LogP contribution in [0.3, 0.4) is 0 Å². The minimum Gasteiger partial charge on any atom is -0.467 e. The fourth-order valence-electron chi connectivity index (χ4n) is 2.21. The minimum atomic E-state index is -0.0190. The summed E-state index contributed by atoms with van der Waals surface area (Å²) in [6.45, 7) is 6.45. The fraction of sp³-hybridized carbons (Fsp3) is 0.467. The molecule has 114 valence electrons. The van der Waals surface area contributed by atoms with Gasteiger partial charge in [-0.05, 0) is 33.0 Å². The van der Waals surface area contributed by atoms with Gasteiger partial charge in [0.15, 0.2) is 0 Å². The van der Waals surface area contributed by atoms with E-state index >= 15 is 0 Å². The molecule has 0 bridgehead atoms. The van der Waals surface area contributed by atoms with Gasteiger partial charge in [-0.2, -0.15) is 5.10 Å². The number of hydrogen-bond acceptors (Lipinski definition) is 4. The minimum absolute atomic E-state index is 0.0190. The van der Waals surface area contributed by atoms with Gasteiger partial charge in [-0.3, -0.25) is 14.4 Å². The second kappa shape index (κ2) is 7.08. The Morgan fingerprint density at radius 3 is 2.95 bits per heavy atom. The van der Waals surface area contributed by atoms with Crippen molar-refractivity contribution in [3.05, 3.63) is 41.6 Å². The van der Waals surface area contributed by atoms with Gasteiger partial charge in [0.2, 0.25) is 5.91 Å². The smallest absolute Gasteiger partial charge is 0.234 e. The van der Waals surface area contributed by atoms with Gasteiger partial charge in [0.05, 0.1) is 25.5 Å². The summed E-state index contributed by atoms with van der Waals surface area (Å²) >= 11 is 0. The van der Waals surface area contributed by atoms with Crippen LogP contribution in [0, 0.1) is 6.92 Å². The number of hydrogen-bond donors (Lipinski definition) is 1. The average molecular weight is 290 g/mol. The highest BCUT2D eigenvalue weighted by atomic mass is 16.3. The largest absolute Gasteiger partial charge is 0.467 e. The molecule has 0 fully saturated rings. The van der Waals surface area contributed by atoms with Crippen LogP contribution in [0.25, 0.3) is 0 Å². The Hall–Kier alpha value is -2.08. The summed E-state index contributed by atoms with van der Waals surface area (Å²) in [6.07, 6.45) is 3.47. The maximum Gasteiger partial charge on any atom is 0.234 e. The van der Waals surface area contributed by atoms with E-state index in [-0.39, 0.29) is 5.91 Å². The van der Waals surface area contributed by atoms with Gasteiger partial charge < -0.3 is 9.73 Å². The number of aryl methyl sites for hydroxylation is 1. The van der Waals surface area contributed by atoms with Crippen LogP contribution in [0.4, 0.5) is 0 Å². The number of amides is 1. The second-order valence-electron chi connectivity index (χ2n) is 5.10. The summed E-state index contributed by atoms with van der Waals surface area (Å²) < 4.78 is 7.13. The Bertz CT molecular complexity index is 575. The first-order chi connectivity index (χ1) is 10.1. The van der Waals surface area contributed by atoms with Gasteiger partial charge in [-0.25, -0.2) is 0 Å². The van der Waals surface area contributed by atoms with E-state index in [1.54, 1.807) is 6.26 Å². The van der Waals surface area contributed by atoms with Crippen LogP contribution >= 0.6 is 0 Å². The molecule has 0 atom stereocenters. The molecule has 6 nitrogen and oxygen atoms in total. The highest BCUT2D eigenvalue weighted by Crippen LogP contribution is 2.09. The van der Waals surface area contributed by atoms with E-state index in [9.17, 15) is 4.79 Å². The zero-order valence-corrected chi connectivity index (χ0v) is 12.8. The third kappa shape index (κ3) is 4.19. The van der Waals surface area contributed by atoms with Crippen LogP contribution in [0.15, 0.2) is 29.0 Å². The molecule has 0 aliphatic carbocycles. The summed E-state index contributed by atoms with van der Waals surface area (Å²) in [6, 6.07) is 3.65. The molecule has 1 amide bonds. The molecule has 0 spiro atoms.